The van der Waals surface area contributed by atoms with Crippen molar-refractivity contribution in [2.75, 3.05) is 5.32 Å². The number of rotatable bonds is 3. The summed E-state index contributed by atoms with van der Waals surface area (Å²) in [5.74, 6) is 0. The van der Waals surface area contributed by atoms with Gasteiger partial charge in [-0.1, -0.05) is 12.1 Å². The van der Waals surface area contributed by atoms with Crippen molar-refractivity contribution in [3.05, 3.63) is 61.1 Å². The molecule has 3 aromatic rings. The van der Waals surface area contributed by atoms with E-state index in [9.17, 15) is 0 Å². The van der Waals surface area contributed by atoms with E-state index in [4.69, 9.17) is 0 Å². The zero-order valence-electron chi connectivity index (χ0n) is 10.7. The van der Waals surface area contributed by atoms with Crippen molar-refractivity contribution in [1.29, 1.82) is 0 Å². The lowest BCUT2D eigenvalue weighted by molar-refractivity contribution is 1.38. The molecule has 0 aliphatic rings. The van der Waals surface area contributed by atoms with E-state index in [1.807, 2.05) is 0 Å². The van der Waals surface area contributed by atoms with Gasteiger partial charge in [-0.25, -0.2) is 4.98 Å². The molecule has 1 N–H and O–H groups in total. The van der Waals surface area contributed by atoms with Crippen LogP contribution in [0.5, 0.6) is 0 Å². The molecular weight excluding hydrogens is 574 g/mol. The Labute approximate surface area is 165 Å². The molecule has 21 heavy (non-hydrogen) atoms. The van der Waals surface area contributed by atoms with E-state index in [0.717, 1.165) is 22.1 Å². The summed E-state index contributed by atoms with van der Waals surface area (Å²) in [6.07, 6.45) is 0. The van der Waals surface area contributed by atoms with Gasteiger partial charge in [0, 0.05) is 23.8 Å². The largest absolute Gasteiger partial charge is 0.332 e. The van der Waals surface area contributed by atoms with Crippen molar-refractivity contribution in [2.45, 2.75) is 0 Å². The first-order valence-electron chi connectivity index (χ1n) is 5.95. The van der Waals surface area contributed by atoms with Gasteiger partial charge >= 0.3 is 0 Å². The van der Waals surface area contributed by atoms with E-state index < -0.39 is 0 Å². The average Bonchev–Trinajstić information content (AvgIpc) is 2.91. The van der Waals surface area contributed by atoms with Crippen molar-refractivity contribution in [1.82, 2.24) is 4.98 Å². The third kappa shape index (κ3) is 4.64. The van der Waals surface area contributed by atoms with Gasteiger partial charge in [0.15, 0.2) is 5.13 Å². The normalized spacial score (nSPS) is 10.0. The van der Waals surface area contributed by atoms with Crippen LogP contribution in [0, 0.1) is 7.14 Å². The quantitative estimate of drug-likeness (QED) is 0.364. The van der Waals surface area contributed by atoms with Crippen molar-refractivity contribution < 1.29 is 0 Å². The average molecular weight is 585 g/mol. The van der Waals surface area contributed by atoms with Gasteiger partial charge in [0.2, 0.25) is 0 Å². The fourth-order valence-corrected chi connectivity index (χ4v) is 3.20. The minimum atomic E-state index is 0. The van der Waals surface area contributed by atoms with Crippen LogP contribution in [-0.2, 0) is 0 Å². The molecule has 0 amide bonds. The molecule has 0 saturated heterocycles. The Hall–Kier alpha value is -0.190. The number of benzene rings is 2. The van der Waals surface area contributed by atoms with Gasteiger partial charge in [-0.15, -0.1) is 28.3 Å². The molecule has 2 aromatic carbocycles. The standard InChI is InChI=1S/C15H10I2N2S.BrH/c16-11-3-1-10(2-4-11)14-9-20-15(19-14)18-13-7-5-12(17)6-8-13;/h1-9H,(H,18,19);1H. The molecule has 1 heterocycles. The highest BCUT2D eigenvalue weighted by molar-refractivity contribution is 14.1. The highest BCUT2D eigenvalue weighted by atomic mass is 127. The predicted molar refractivity (Wildman–Crippen MR) is 113 cm³/mol. The third-order valence-electron chi connectivity index (χ3n) is 2.74. The molecule has 0 aliphatic heterocycles. The number of halogens is 3. The summed E-state index contributed by atoms with van der Waals surface area (Å²) in [4.78, 5) is 4.63. The minimum Gasteiger partial charge on any atom is -0.332 e. The monoisotopic (exact) mass is 584 g/mol. The van der Waals surface area contributed by atoms with E-state index in [-0.39, 0.29) is 17.0 Å². The summed E-state index contributed by atoms with van der Waals surface area (Å²) < 4.78 is 2.46. The first-order valence-corrected chi connectivity index (χ1v) is 8.98. The molecule has 0 fully saturated rings. The molecule has 1 aromatic heterocycles. The Morgan fingerprint density at radius 1 is 0.857 bits per heavy atom. The van der Waals surface area contributed by atoms with Crippen LogP contribution in [0.4, 0.5) is 10.8 Å². The van der Waals surface area contributed by atoms with E-state index in [2.05, 4.69) is 109 Å². The summed E-state index contributed by atoms with van der Waals surface area (Å²) >= 11 is 6.23. The van der Waals surface area contributed by atoms with Crippen LogP contribution >= 0.6 is 73.5 Å². The molecule has 0 atom stereocenters. The maximum absolute atomic E-state index is 4.63. The first-order chi connectivity index (χ1) is 9.70. The fraction of sp³-hybridized carbons (Fsp3) is 0. The van der Waals surface area contributed by atoms with E-state index >= 15 is 0 Å². The Bertz CT molecular complexity index is 711. The van der Waals surface area contributed by atoms with Gasteiger partial charge in [0.1, 0.15) is 0 Å². The molecule has 2 nitrogen and oxygen atoms in total. The lowest BCUT2D eigenvalue weighted by Crippen LogP contribution is -1.89. The van der Waals surface area contributed by atoms with Gasteiger partial charge in [-0.3, -0.25) is 0 Å². The molecule has 0 radical (unpaired) electrons. The maximum Gasteiger partial charge on any atom is 0.187 e. The molecule has 0 saturated carbocycles. The van der Waals surface area contributed by atoms with Crippen LogP contribution in [-0.4, -0.2) is 4.98 Å². The van der Waals surface area contributed by atoms with Gasteiger partial charge in [0.25, 0.3) is 0 Å². The second-order valence-electron chi connectivity index (χ2n) is 4.18. The van der Waals surface area contributed by atoms with Crippen molar-refractivity contribution in [3.63, 3.8) is 0 Å². The highest BCUT2D eigenvalue weighted by Gasteiger charge is 2.04. The molecule has 0 unspecified atom stereocenters. The van der Waals surface area contributed by atoms with Gasteiger partial charge in [-0.2, -0.15) is 0 Å². The summed E-state index contributed by atoms with van der Waals surface area (Å²) in [7, 11) is 0. The smallest absolute Gasteiger partial charge is 0.187 e. The zero-order chi connectivity index (χ0) is 13.9. The fourth-order valence-electron chi connectivity index (χ4n) is 1.74. The van der Waals surface area contributed by atoms with Crippen LogP contribution in [0.1, 0.15) is 0 Å². The number of aromatic nitrogens is 1. The number of hydrogen-bond acceptors (Lipinski definition) is 3. The summed E-state index contributed by atoms with van der Waals surface area (Å²) in [5, 5.41) is 6.33. The van der Waals surface area contributed by atoms with Crippen molar-refractivity contribution in [2.24, 2.45) is 0 Å². The highest BCUT2D eigenvalue weighted by Crippen LogP contribution is 2.27. The summed E-state index contributed by atoms with van der Waals surface area (Å²) in [6, 6.07) is 16.7. The molecule has 0 aliphatic carbocycles. The first kappa shape index (κ1) is 17.2. The minimum absolute atomic E-state index is 0. The Morgan fingerprint density at radius 3 is 2.05 bits per heavy atom. The second kappa shape index (κ2) is 7.89. The molecular formula is C15H11BrI2N2S. The number of nitrogens with zero attached hydrogens (tertiary/aromatic N) is 1. The third-order valence-corrected chi connectivity index (χ3v) is 4.94. The van der Waals surface area contributed by atoms with Crippen LogP contribution in [0.25, 0.3) is 11.3 Å². The SMILES string of the molecule is Br.Ic1ccc(Nc2nc(-c3ccc(I)cc3)cs2)cc1. The topological polar surface area (TPSA) is 24.9 Å². The number of thiazole rings is 1. The van der Waals surface area contributed by atoms with E-state index in [1.165, 1.54) is 7.14 Å². The Morgan fingerprint density at radius 2 is 1.43 bits per heavy atom. The van der Waals surface area contributed by atoms with Crippen LogP contribution in [0.3, 0.4) is 0 Å². The summed E-state index contributed by atoms with van der Waals surface area (Å²) in [5.41, 5.74) is 3.23. The van der Waals surface area contributed by atoms with Crippen LogP contribution in [0.2, 0.25) is 0 Å². The zero-order valence-corrected chi connectivity index (χ0v) is 17.6. The van der Waals surface area contributed by atoms with Gasteiger partial charge in [0.05, 0.1) is 5.69 Å². The van der Waals surface area contributed by atoms with Gasteiger partial charge in [-0.05, 0) is 81.6 Å². The summed E-state index contributed by atoms with van der Waals surface area (Å²) in [6.45, 7) is 0. The van der Waals surface area contributed by atoms with Crippen LogP contribution in [0.15, 0.2) is 53.9 Å². The number of hydrogen-bond donors (Lipinski definition) is 1. The number of anilines is 2. The lowest BCUT2D eigenvalue weighted by atomic mass is 10.2. The molecule has 108 valence electrons. The van der Waals surface area contributed by atoms with E-state index in [0.29, 0.717) is 0 Å². The van der Waals surface area contributed by atoms with Crippen molar-refractivity contribution >= 4 is 84.3 Å². The second-order valence-corrected chi connectivity index (χ2v) is 7.53. The van der Waals surface area contributed by atoms with Gasteiger partial charge < -0.3 is 5.32 Å². The Balaban J connectivity index is 0.00000161. The molecule has 0 bridgehead atoms. The maximum atomic E-state index is 4.63. The number of nitrogens with one attached hydrogen (secondary N) is 1. The van der Waals surface area contributed by atoms with E-state index in [1.54, 1.807) is 11.3 Å². The lowest BCUT2D eigenvalue weighted by Gasteiger charge is -2.02. The molecule has 6 heteroatoms. The molecule has 3 rings (SSSR count). The van der Waals surface area contributed by atoms with Crippen LogP contribution < -0.4 is 5.32 Å². The predicted octanol–water partition coefficient (Wildman–Crippen LogP) is 6.34. The Kier molecular flexibility index (Phi) is 6.45. The molecule has 0 spiro atoms. The van der Waals surface area contributed by atoms with Crippen molar-refractivity contribution in [3.8, 4) is 11.3 Å².